The highest BCUT2D eigenvalue weighted by atomic mass is 32.2. The molecule has 0 spiro atoms. The van der Waals surface area contributed by atoms with Crippen LogP contribution in [0.3, 0.4) is 0 Å². The Labute approximate surface area is 127 Å². The number of aromatic hydroxyl groups is 2. The van der Waals surface area contributed by atoms with Crippen molar-refractivity contribution in [2.75, 3.05) is 11.5 Å². The zero-order chi connectivity index (χ0) is 15.4. The van der Waals surface area contributed by atoms with Crippen molar-refractivity contribution in [2.24, 2.45) is 0 Å². The van der Waals surface area contributed by atoms with Crippen molar-refractivity contribution in [3.8, 4) is 11.5 Å². The lowest BCUT2D eigenvalue weighted by molar-refractivity contribution is 0.0979. The first-order valence-electron chi connectivity index (χ1n) is 6.52. The Hall–Kier alpha value is -1.92. The minimum atomic E-state index is -0.394. The van der Waals surface area contributed by atoms with Crippen LogP contribution in [0.25, 0.3) is 0 Å². The van der Waals surface area contributed by atoms with Crippen LogP contribution in [0.5, 0.6) is 11.5 Å². The van der Waals surface area contributed by atoms with Crippen LogP contribution in [-0.4, -0.2) is 33.2 Å². The third kappa shape index (κ3) is 3.80. The summed E-state index contributed by atoms with van der Waals surface area (Å²) in [6.45, 7) is 3.62. The van der Waals surface area contributed by atoms with Gasteiger partial charge in [-0.2, -0.15) is 0 Å². The second kappa shape index (κ2) is 6.69. The molecule has 0 aliphatic carbocycles. The molecule has 6 heteroatoms. The van der Waals surface area contributed by atoms with E-state index in [2.05, 4.69) is 11.9 Å². The van der Waals surface area contributed by atoms with Gasteiger partial charge in [-0.15, -0.1) is 11.8 Å². The average Bonchev–Trinajstić information content (AvgIpc) is 2.89. The first kappa shape index (κ1) is 15.5. The Morgan fingerprint density at radius 2 is 2.29 bits per heavy atom. The van der Waals surface area contributed by atoms with Gasteiger partial charge in [-0.05, 0) is 12.1 Å². The van der Waals surface area contributed by atoms with Crippen LogP contribution in [0, 0.1) is 0 Å². The van der Waals surface area contributed by atoms with E-state index >= 15 is 0 Å². The second-order valence-corrected chi connectivity index (χ2v) is 6.01. The molecule has 0 aromatic heterocycles. The molecule has 5 N–H and O–H groups in total. The standard InChI is InChI=1S/C15H18N2O3S/c1-2-3-4-10-8-21-14(17-10)7-12(18)9-5-11(16)15(20)13(19)6-9/h2-6,10,14,17,19-20H,1,7-8,16H2/b4-3+. The number of thioether (sulfide) groups is 1. The summed E-state index contributed by atoms with van der Waals surface area (Å²) in [6, 6.07) is 2.85. The summed E-state index contributed by atoms with van der Waals surface area (Å²) >= 11 is 1.67. The van der Waals surface area contributed by atoms with Crippen molar-refractivity contribution in [3.63, 3.8) is 0 Å². The summed E-state index contributed by atoms with van der Waals surface area (Å²) in [7, 11) is 0. The van der Waals surface area contributed by atoms with Crippen molar-refractivity contribution in [3.05, 3.63) is 42.5 Å². The van der Waals surface area contributed by atoms with Crippen molar-refractivity contribution >= 4 is 23.2 Å². The van der Waals surface area contributed by atoms with Gasteiger partial charge in [0.15, 0.2) is 17.3 Å². The number of benzene rings is 1. The van der Waals surface area contributed by atoms with E-state index in [9.17, 15) is 15.0 Å². The summed E-state index contributed by atoms with van der Waals surface area (Å²) in [6.07, 6.45) is 5.90. The first-order valence-corrected chi connectivity index (χ1v) is 7.57. The van der Waals surface area contributed by atoms with E-state index in [0.29, 0.717) is 12.0 Å². The van der Waals surface area contributed by atoms with E-state index in [1.807, 2.05) is 12.2 Å². The minimum absolute atomic E-state index is 0.00261. The Morgan fingerprint density at radius 1 is 1.52 bits per heavy atom. The number of carbonyl (C=O) groups is 1. The molecule has 21 heavy (non-hydrogen) atoms. The number of nitrogen functional groups attached to an aromatic ring is 1. The summed E-state index contributed by atoms with van der Waals surface area (Å²) < 4.78 is 0. The summed E-state index contributed by atoms with van der Waals surface area (Å²) in [5, 5.41) is 22.3. The lowest BCUT2D eigenvalue weighted by Crippen LogP contribution is -2.29. The Kier molecular flexibility index (Phi) is 4.93. The van der Waals surface area contributed by atoms with E-state index in [4.69, 9.17) is 5.73 Å². The number of allylic oxidation sites excluding steroid dienone is 2. The molecule has 1 fully saturated rings. The lowest BCUT2D eigenvalue weighted by atomic mass is 10.1. The van der Waals surface area contributed by atoms with E-state index in [1.54, 1.807) is 17.8 Å². The fourth-order valence-corrected chi connectivity index (χ4v) is 3.27. The predicted molar refractivity (Wildman–Crippen MR) is 85.6 cm³/mol. The molecule has 112 valence electrons. The molecule has 0 amide bonds. The zero-order valence-electron chi connectivity index (χ0n) is 11.5. The average molecular weight is 306 g/mol. The highest BCUT2D eigenvalue weighted by Gasteiger charge is 2.25. The summed E-state index contributed by atoms with van der Waals surface area (Å²) in [5.41, 5.74) is 5.84. The maximum atomic E-state index is 12.2. The molecule has 1 aromatic carbocycles. The SMILES string of the molecule is C=C/C=C/C1CSC(CC(=O)c2cc(N)c(O)c(O)c2)N1. The van der Waals surface area contributed by atoms with Gasteiger partial charge < -0.3 is 15.9 Å². The van der Waals surface area contributed by atoms with Crippen molar-refractivity contribution in [1.82, 2.24) is 5.32 Å². The number of phenolic OH excluding ortho intramolecular Hbond substituents is 2. The maximum Gasteiger partial charge on any atom is 0.181 e. The van der Waals surface area contributed by atoms with E-state index < -0.39 is 5.75 Å². The van der Waals surface area contributed by atoms with Crippen LogP contribution in [0.15, 0.2) is 36.9 Å². The van der Waals surface area contributed by atoms with Crippen LogP contribution >= 0.6 is 11.8 Å². The third-order valence-corrected chi connectivity index (χ3v) is 4.43. The third-order valence-electron chi connectivity index (χ3n) is 3.17. The van der Waals surface area contributed by atoms with Crippen molar-refractivity contribution in [1.29, 1.82) is 0 Å². The molecule has 1 aliphatic rings. The largest absolute Gasteiger partial charge is 0.504 e. The molecule has 5 nitrogen and oxygen atoms in total. The molecule has 1 saturated heterocycles. The number of nitrogens with two attached hydrogens (primary N) is 1. The zero-order valence-corrected chi connectivity index (χ0v) is 12.3. The van der Waals surface area contributed by atoms with Crippen LogP contribution in [-0.2, 0) is 0 Å². The Bertz CT molecular complexity index is 563. The van der Waals surface area contributed by atoms with Gasteiger partial charge in [-0.3, -0.25) is 10.1 Å². The fraction of sp³-hybridized carbons (Fsp3) is 0.267. The smallest absolute Gasteiger partial charge is 0.181 e. The normalized spacial score (nSPS) is 21.7. The number of anilines is 1. The van der Waals surface area contributed by atoms with Gasteiger partial charge in [0.25, 0.3) is 0 Å². The Balaban J connectivity index is 1.99. The van der Waals surface area contributed by atoms with Gasteiger partial charge in [0.1, 0.15) is 0 Å². The number of carbonyl (C=O) groups excluding carboxylic acids is 1. The van der Waals surface area contributed by atoms with Crippen LogP contribution in [0.1, 0.15) is 16.8 Å². The highest BCUT2D eigenvalue weighted by molar-refractivity contribution is 8.00. The number of hydrogen-bond donors (Lipinski definition) is 4. The molecular weight excluding hydrogens is 288 g/mol. The molecule has 0 radical (unpaired) electrons. The monoisotopic (exact) mass is 306 g/mol. The molecule has 0 bridgehead atoms. The van der Waals surface area contributed by atoms with E-state index in [0.717, 1.165) is 5.75 Å². The van der Waals surface area contributed by atoms with Crippen LogP contribution in [0.2, 0.25) is 0 Å². The van der Waals surface area contributed by atoms with Gasteiger partial charge in [0.2, 0.25) is 0 Å². The van der Waals surface area contributed by atoms with Crippen molar-refractivity contribution < 1.29 is 15.0 Å². The van der Waals surface area contributed by atoms with Crippen molar-refractivity contribution in [2.45, 2.75) is 17.8 Å². The highest BCUT2D eigenvalue weighted by Crippen LogP contribution is 2.33. The van der Waals surface area contributed by atoms with Gasteiger partial charge in [-0.25, -0.2) is 0 Å². The predicted octanol–water partition coefficient (Wildman–Crippen LogP) is 2.03. The molecule has 1 heterocycles. The van der Waals surface area contributed by atoms with Gasteiger partial charge in [0, 0.05) is 23.8 Å². The topological polar surface area (TPSA) is 95.6 Å². The fourth-order valence-electron chi connectivity index (χ4n) is 2.08. The number of ketones is 1. The molecule has 2 rings (SSSR count). The molecule has 1 aromatic rings. The van der Waals surface area contributed by atoms with E-state index in [1.165, 1.54) is 12.1 Å². The quantitative estimate of drug-likeness (QED) is 0.288. The maximum absolute atomic E-state index is 12.2. The number of phenols is 2. The lowest BCUT2D eigenvalue weighted by Gasteiger charge is -2.11. The van der Waals surface area contributed by atoms with E-state index in [-0.39, 0.29) is 28.6 Å². The number of hydrogen-bond acceptors (Lipinski definition) is 6. The molecule has 1 aliphatic heterocycles. The number of Topliss-reactive ketones (excluding diaryl/α,β-unsaturated/α-hetero) is 1. The summed E-state index contributed by atoms with van der Waals surface area (Å²) in [5.74, 6) is -0.00676. The molecular formula is C15H18N2O3S. The molecule has 2 unspecified atom stereocenters. The first-order chi connectivity index (χ1) is 10.0. The summed E-state index contributed by atoms with van der Waals surface area (Å²) in [4.78, 5) is 12.2. The van der Waals surface area contributed by atoms with Crippen LogP contribution in [0.4, 0.5) is 5.69 Å². The Morgan fingerprint density at radius 3 is 2.95 bits per heavy atom. The van der Waals surface area contributed by atoms with Crippen LogP contribution < -0.4 is 11.1 Å². The number of nitrogens with one attached hydrogen (secondary N) is 1. The van der Waals surface area contributed by atoms with Gasteiger partial charge in [-0.1, -0.05) is 24.8 Å². The molecule has 0 saturated carbocycles. The van der Waals surface area contributed by atoms with Gasteiger partial charge >= 0.3 is 0 Å². The number of rotatable bonds is 5. The molecule has 2 atom stereocenters. The second-order valence-electron chi connectivity index (χ2n) is 4.78. The minimum Gasteiger partial charge on any atom is -0.504 e. The van der Waals surface area contributed by atoms with Gasteiger partial charge in [0.05, 0.1) is 11.1 Å².